The molecule has 0 saturated heterocycles. The van der Waals surface area contributed by atoms with Crippen molar-refractivity contribution in [3.05, 3.63) is 48.0 Å². The Kier molecular flexibility index (Phi) is 37.7. The molecule has 0 spiro atoms. The first-order valence-electron chi connectivity index (χ1n) is 6.87. The van der Waals surface area contributed by atoms with Crippen LogP contribution in [0.2, 0.25) is 0 Å². The molecule has 0 aliphatic carbocycles. The molecule has 0 aromatic heterocycles. The molecule has 1 aromatic rings. The third-order valence-corrected chi connectivity index (χ3v) is 3.40. The molecule has 1 aromatic carbocycles. The lowest BCUT2D eigenvalue weighted by atomic mass is 9.96. The van der Waals surface area contributed by atoms with Gasteiger partial charge in [0.2, 0.25) is 0 Å². The van der Waals surface area contributed by atoms with E-state index in [0.717, 1.165) is 19.3 Å². The van der Waals surface area contributed by atoms with Gasteiger partial charge in [-0.1, -0.05) is 101 Å². The van der Waals surface area contributed by atoms with Crippen LogP contribution in [0.1, 0.15) is 95.6 Å². The van der Waals surface area contributed by atoms with Gasteiger partial charge in [0.15, 0.2) is 0 Å². The number of rotatable bonds is 7. The molecular weight excluding hydrogens is 290 g/mol. The van der Waals surface area contributed by atoms with Crippen LogP contribution in [0.5, 0.6) is 0 Å². The van der Waals surface area contributed by atoms with Crippen molar-refractivity contribution in [2.45, 2.75) is 90.0 Å². The smallest absolute Gasteiger partial charge is 0.0658 e. The second kappa shape index (κ2) is 23.7. The lowest BCUT2D eigenvalue weighted by Crippen LogP contribution is -1.93. The monoisotopic (exact) mass is 337 g/mol. The highest BCUT2D eigenvalue weighted by atomic mass is 14.3. The second-order valence-corrected chi connectivity index (χ2v) is 4.83. The van der Waals surface area contributed by atoms with Crippen LogP contribution >= 0.6 is 0 Å². The molecule has 0 bridgehead atoms. The zero-order valence-corrected chi connectivity index (χ0v) is 11.5. The van der Waals surface area contributed by atoms with Gasteiger partial charge in [-0.2, -0.15) is 5.26 Å². The summed E-state index contributed by atoms with van der Waals surface area (Å²) in [5.74, 6) is 0.793. The number of allylic oxidation sites excluding steroid dienone is 2. The first-order valence-corrected chi connectivity index (χ1v) is 6.87. The summed E-state index contributed by atoms with van der Waals surface area (Å²) in [6.45, 7) is 4.34. The predicted octanol–water partition coefficient (Wildman–Crippen LogP) is 8.88. The van der Waals surface area contributed by atoms with E-state index in [0.29, 0.717) is 5.92 Å². The summed E-state index contributed by atoms with van der Waals surface area (Å²) in [7, 11) is 0. The maximum absolute atomic E-state index is 8.84. The molecule has 0 saturated carbocycles. The maximum Gasteiger partial charge on any atom is 0.0658 e. The van der Waals surface area contributed by atoms with Crippen LogP contribution in [-0.4, -0.2) is 0 Å². The van der Waals surface area contributed by atoms with Gasteiger partial charge in [-0.05, 0) is 37.2 Å². The second-order valence-electron chi connectivity index (χ2n) is 4.83. The topological polar surface area (TPSA) is 23.8 Å². The van der Waals surface area contributed by atoms with Crippen molar-refractivity contribution >= 4 is 0 Å². The summed E-state index contributed by atoms with van der Waals surface area (Å²) in [6, 6.07) is 13.0. The Labute approximate surface area is 155 Å². The first kappa shape index (κ1) is 38.2. The molecule has 144 valence electrons. The molecule has 0 aliphatic heterocycles. The van der Waals surface area contributed by atoms with E-state index in [9.17, 15) is 0 Å². The van der Waals surface area contributed by atoms with Gasteiger partial charge < -0.3 is 0 Å². The van der Waals surface area contributed by atoms with Crippen LogP contribution in [-0.2, 0) is 0 Å². The fraction of sp³-hybridized carbons (Fsp3) is 0.609. The third kappa shape index (κ3) is 15.3. The van der Waals surface area contributed by atoms with Crippen molar-refractivity contribution in [2.75, 3.05) is 0 Å². The van der Waals surface area contributed by atoms with Gasteiger partial charge in [-0.3, -0.25) is 0 Å². The molecule has 1 heteroatoms. The summed E-state index contributed by atoms with van der Waals surface area (Å²) in [4.78, 5) is 0. The van der Waals surface area contributed by atoms with Crippen molar-refractivity contribution in [1.82, 2.24) is 0 Å². The number of hydrogen-bond acceptors (Lipinski definition) is 1. The summed E-state index contributed by atoms with van der Waals surface area (Å²) < 4.78 is 0. The van der Waals surface area contributed by atoms with Crippen molar-refractivity contribution in [1.29, 1.82) is 5.26 Å². The highest BCUT2D eigenvalue weighted by Crippen LogP contribution is 2.20. The summed E-state index contributed by atoms with van der Waals surface area (Å²) in [5.41, 5.74) is 1.41. The quantitative estimate of drug-likeness (QED) is 0.456. The minimum absolute atomic E-state index is 0. The van der Waals surface area contributed by atoms with Crippen LogP contribution in [0.4, 0.5) is 0 Å². The summed E-state index contributed by atoms with van der Waals surface area (Å²) in [5, 5.41) is 8.84. The third-order valence-electron chi connectivity index (χ3n) is 3.40. The molecular formula is C23H47N. The molecule has 0 amide bonds. The molecule has 0 heterocycles. The standard InChI is InChI=1S/C17H23N.6CH4/c1-3-16(14-18)11-7-4-6-10-15(2)17-12-8-5-9-13-17;;;;;;/h4-5,7-9,12-13,15-16H,3,6,10-11H2,1-2H3;6*1H4. The van der Waals surface area contributed by atoms with Crippen LogP contribution in [0.3, 0.4) is 0 Å². The summed E-state index contributed by atoms with van der Waals surface area (Å²) in [6.07, 6.45) is 8.49. The van der Waals surface area contributed by atoms with Crippen molar-refractivity contribution in [3.8, 4) is 6.07 Å². The van der Waals surface area contributed by atoms with E-state index < -0.39 is 0 Å². The van der Waals surface area contributed by atoms with E-state index in [1.54, 1.807) is 0 Å². The van der Waals surface area contributed by atoms with E-state index >= 15 is 0 Å². The van der Waals surface area contributed by atoms with Gasteiger partial charge in [0.05, 0.1) is 6.07 Å². The van der Waals surface area contributed by atoms with E-state index in [1.807, 2.05) is 0 Å². The van der Waals surface area contributed by atoms with Gasteiger partial charge in [0.25, 0.3) is 0 Å². The highest BCUT2D eigenvalue weighted by Gasteiger charge is 2.03. The zero-order chi connectivity index (χ0) is 13.2. The van der Waals surface area contributed by atoms with E-state index in [2.05, 4.69) is 62.4 Å². The Balaban J connectivity index is -0.000000135. The highest BCUT2D eigenvalue weighted by molar-refractivity contribution is 5.18. The van der Waals surface area contributed by atoms with Gasteiger partial charge in [-0.25, -0.2) is 0 Å². The molecule has 2 unspecified atom stereocenters. The Morgan fingerprint density at radius 3 is 1.96 bits per heavy atom. The average Bonchev–Trinajstić information content (AvgIpc) is 2.43. The lowest BCUT2D eigenvalue weighted by Gasteiger charge is -2.09. The first-order chi connectivity index (χ1) is 8.77. The molecule has 2 atom stereocenters. The Morgan fingerprint density at radius 2 is 1.50 bits per heavy atom. The van der Waals surface area contributed by atoms with E-state index in [4.69, 9.17) is 5.26 Å². The van der Waals surface area contributed by atoms with Gasteiger partial charge >= 0.3 is 0 Å². The van der Waals surface area contributed by atoms with Crippen LogP contribution < -0.4 is 0 Å². The Bertz CT molecular complexity index is 386. The largest absolute Gasteiger partial charge is 0.198 e. The lowest BCUT2D eigenvalue weighted by molar-refractivity contribution is 0.647. The number of benzene rings is 1. The van der Waals surface area contributed by atoms with Crippen molar-refractivity contribution in [2.24, 2.45) is 5.92 Å². The fourth-order valence-corrected chi connectivity index (χ4v) is 1.98. The minimum atomic E-state index is 0. The van der Waals surface area contributed by atoms with E-state index in [-0.39, 0.29) is 50.5 Å². The predicted molar refractivity (Wildman–Crippen MR) is 118 cm³/mol. The Morgan fingerprint density at radius 1 is 0.958 bits per heavy atom. The number of hydrogen-bond donors (Lipinski definition) is 0. The van der Waals surface area contributed by atoms with Gasteiger partial charge in [0, 0.05) is 5.92 Å². The summed E-state index contributed by atoms with van der Waals surface area (Å²) >= 11 is 0. The van der Waals surface area contributed by atoms with Crippen molar-refractivity contribution in [3.63, 3.8) is 0 Å². The molecule has 0 radical (unpaired) electrons. The average molecular weight is 338 g/mol. The van der Waals surface area contributed by atoms with Crippen LogP contribution in [0.15, 0.2) is 42.5 Å². The Hall–Kier alpha value is -1.55. The maximum atomic E-state index is 8.84. The van der Waals surface area contributed by atoms with Crippen molar-refractivity contribution < 1.29 is 0 Å². The minimum Gasteiger partial charge on any atom is -0.198 e. The molecule has 0 aliphatic rings. The molecule has 0 N–H and O–H groups in total. The molecule has 0 fully saturated rings. The van der Waals surface area contributed by atoms with Crippen LogP contribution in [0, 0.1) is 17.2 Å². The van der Waals surface area contributed by atoms with Crippen LogP contribution in [0.25, 0.3) is 0 Å². The fourth-order valence-electron chi connectivity index (χ4n) is 1.98. The molecule has 1 rings (SSSR count). The normalized spacial score (nSPS) is 10.7. The SMILES string of the molecule is C.C.C.C.C.C.CCC(C#N)CC=CCCC(C)c1ccccc1. The number of nitrogens with zero attached hydrogens (tertiary/aromatic N) is 1. The van der Waals surface area contributed by atoms with E-state index in [1.165, 1.54) is 12.0 Å². The molecule has 24 heavy (non-hydrogen) atoms. The number of nitriles is 1. The molecule has 1 nitrogen and oxygen atoms in total. The zero-order valence-electron chi connectivity index (χ0n) is 11.5. The van der Waals surface area contributed by atoms with Gasteiger partial charge in [0.1, 0.15) is 0 Å². The van der Waals surface area contributed by atoms with Gasteiger partial charge in [-0.15, -0.1) is 0 Å².